The highest BCUT2D eigenvalue weighted by Gasteiger charge is 2.31. The maximum absolute atomic E-state index is 12.8. The predicted octanol–water partition coefficient (Wildman–Crippen LogP) is 3.47. The Bertz CT molecular complexity index is 1170. The second-order valence-corrected chi connectivity index (χ2v) is 10.0. The Kier molecular flexibility index (Phi) is 8.89. The number of aliphatic carboxylic acids is 1. The fourth-order valence-electron chi connectivity index (χ4n) is 4.52. The van der Waals surface area contributed by atoms with Gasteiger partial charge in [-0.15, -0.1) is 0 Å². The molecule has 1 saturated carbocycles. The zero-order chi connectivity index (χ0) is 26.4. The van der Waals surface area contributed by atoms with Gasteiger partial charge in [0.15, 0.2) is 5.96 Å². The Hall–Kier alpha value is -3.30. The van der Waals surface area contributed by atoms with Crippen molar-refractivity contribution in [3.63, 3.8) is 0 Å². The van der Waals surface area contributed by atoms with E-state index in [1.165, 1.54) is 12.1 Å². The maximum atomic E-state index is 12.8. The van der Waals surface area contributed by atoms with E-state index in [0.717, 1.165) is 44.7 Å². The Morgan fingerprint density at radius 3 is 2.46 bits per heavy atom. The number of rotatable bonds is 8. The molecule has 0 unspecified atom stereocenters. The molecule has 0 bridgehead atoms. The fourth-order valence-corrected chi connectivity index (χ4v) is 5.09. The van der Waals surface area contributed by atoms with Crippen molar-refractivity contribution < 1.29 is 19.5 Å². The molecule has 0 aromatic heterocycles. The van der Waals surface area contributed by atoms with Gasteiger partial charge in [0.1, 0.15) is 6.04 Å². The largest absolute Gasteiger partial charge is 0.480 e. The first-order valence-electron chi connectivity index (χ1n) is 12.2. The topological polar surface area (TPSA) is 132 Å². The zero-order valence-electron chi connectivity index (χ0n) is 20.1. The van der Waals surface area contributed by atoms with Gasteiger partial charge in [-0.2, -0.15) is 0 Å². The lowest BCUT2D eigenvalue weighted by atomic mass is 10.0. The average Bonchev–Trinajstić information content (AvgIpc) is 3.34. The minimum atomic E-state index is -1.19. The molecule has 2 amide bonds. The molecule has 9 nitrogen and oxygen atoms in total. The third-order valence-electron chi connectivity index (χ3n) is 6.50. The van der Waals surface area contributed by atoms with Crippen molar-refractivity contribution in [1.82, 2.24) is 16.0 Å². The lowest BCUT2D eigenvalue weighted by molar-refractivity contribution is -0.139. The van der Waals surface area contributed by atoms with Gasteiger partial charge >= 0.3 is 5.97 Å². The van der Waals surface area contributed by atoms with E-state index in [9.17, 15) is 19.5 Å². The number of carbonyl (C=O) groups is 3. The van der Waals surface area contributed by atoms with Crippen LogP contribution in [0, 0.1) is 5.92 Å². The molecule has 0 radical (unpaired) electrons. The number of carbonyl (C=O) groups excluding carboxylic acids is 2. The van der Waals surface area contributed by atoms with Crippen LogP contribution in [-0.2, 0) is 16.0 Å². The molecular formula is C26H29Cl2N5O4. The SMILES string of the molecule is O=C(N[C@@H](Cc1ccc(NC(=O)[C@H]2CC[C@H](NC3=NCCCN3)C2)cc1)C(=O)O)c1c(Cl)cccc1Cl. The Morgan fingerprint density at radius 2 is 1.81 bits per heavy atom. The highest BCUT2D eigenvalue weighted by atomic mass is 35.5. The van der Waals surface area contributed by atoms with E-state index in [4.69, 9.17) is 23.2 Å². The molecule has 3 atom stereocenters. The van der Waals surface area contributed by atoms with Crippen molar-refractivity contribution in [3.05, 3.63) is 63.6 Å². The molecule has 11 heteroatoms. The number of carboxylic acid groups (broad SMARTS) is 1. The van der Waals surface area contributed by atoms with Crippen LogP contribution in [0.3, 0.4) is 0 Å². The molecule has 1 aliphatic carbocycles. The molecule has 37 heavy (non-hydrogen) atoms. The van der Waals surface area contributed by atoms with Gasteiger partial charge in [-0.3, -0.25) is 14.6 Å². The quantitative estimate of drug-likeness (QED) is 0.345. The molecule has 196 valence electrons. The highest BCUT2D eigenvalue weighted by Crippen LogP contribution is 2.27. The second-order valence-electron chi connectivity index (χ2n) is 9.21. The van der Waals surface area contributed by atoms with Crippen molar-refractivity contribution in [2.45, 2.75) is 44.2 Å². The Morgan fingerprint density at radius 1 is 1.08 bits per heavy atom. The number of nitrogens with one attached hydrogen (secondary N) is 4. The van der Waals surface area contributed by atoms with Crippen LogP contribution in [-0.4, -0.2) is 54.0 Å². The van der Waals surface area contributed by atoms with Gasteiger partial charge in [-0.05, 0) is 55.5 Å². The van der Waals surface area contributed by atoms with Crippen molar-refractivity contribution in [2.24, 2.45) is 10.9 Å². The summed E-state index contributed by atoms with van der Waals surface area (Å²) in [6, 6.07) is 10.6. The van der Waals surface area contributed by atoms with Gasteiger partial charge in [0, 0.05) is 37.2 Å². The molecule has 0 spiro atoms. The van der Waals surface area contributed by atoms with Crippen LogP contribution in [0.2, 0.25) is 10.0 Å². The second kappa shape index (κ2) is 12.3. The van der Waals surface area contributed by atoms with Crippen molar-refractivity contribution in [2.75, 3.05) is 18.4 Å². The smallest absolute Gasteiger partial charge is 0.326 e. The van der Waals surface area contributed by atoms with Gasteiger partial charge < -0.3 is 26.4 Å². The van der Waals surface area contributed by atoms with Crippen LogP contribution >= 0.6 is 23.2 Å². The standard InChI is InChI=1S/C26H29Cl2N5O4/c27-19-3-1-4-20(28)22(19)24(35)33-21(25(36)37)13-15-5-8-17(9-6-15)31-23(34)16-7-10-18(14-16)32-26-29-11-2-12-30-26/h1,3-6,8-9,16,18,21H,2,7,10-14H2,(H,31,34)(H,33,35)(H,36,37)(H2,29,30,32)/t16-,18-,21-/m0/s1. The van der Waals surface area contributed by atoms with Crippen LogP contribution in [0.25, 0.3) is 0 Å². The molecule has 1 fully saturated rings. The molecule has 2 aromatic rings. The number of halogens is 2. The van der Waals surface area contributed by atoms with Crippen molar-refractivity contribution in [3.8, 4) is 0 Å². The summed E-state index contributed by atoms with van der Waals surface area (Å²) in [5, 5.41) is 22.0. The van der Waals surface area contributed by atoms with Gasteiger partial charge in [0.2, 0.25) is 5.91 Å². The molecule has 5 N–H and O–H groups in total. The number of hydrogen-bond acceptors (Lipinski definition) is 6. The molecular weight excluding hydrogens is 517 g/mol. The van der Waals surface area contributed by atoms with E-state index in [0.29, 0.717) is 11.3 Å². The van der Waals surface area contributed by atoms with Crippen LogP contribution < -0.4 is 21.3 Å². The molecule has 4 rings (SSSR count). The Balaban J connectivity index is 1.30. The summed E-state index contributed by atoms with van der Waals surface area (Å²) in [7, 11) is 0. The lowest BCUT2D eigenvalue weighted by Gasteiger charge is -2.20. The first-order valence-corrected chi connectivity index (χ1v) is 13.0. The van der Waals surface area contributed by atoms with Crippen LogP contribution in [0.5, 0.6) is 0 Å². The van der Waals surface area contributed by atoms with Gasteiger partial charge in [0.25, 0.3) is 5.91 Å². The van der Waals surface area contributed by atoms with Crippen LogP contribution in [0.15, 0.2) is 47.5 Å². The lowest BCUT2D eigenvalue weighted by Crippen LogP contribution is -2.45. The van der Waals surface area contributed by atoms with Crippen LogP contribution in [0.4, 0.5) is 5.69 Å². The number of anilines is 1. The van der Waals surface area contributed by atoms with Gasteiger partial charge in [-0.25, -0.2) is 4.79 Å². The highest BCUT2D eigenvalue weighted by molar-refractivity contribution is 6.39. The first-order chi connectivity index (χ1) is 17.8. The summed E-state index contributed by atoms with van der Waals surface area (Å²) >= 11 is 12.1. The third kappa shape index (κ3) is 7.14. The van der Waals surface area contributed by atoms with E-state index in [1.54, 1.807) is 30.3 Å². The minimum Gasteiger partial charge on any atom is -0.480 e. The maximum Gasteiger partial charge on any atom is 0.326 e. The molecule has 2 aliphatic rings. The molecule has 1 aliphatic heterocycles. The summed E-state index contributed by atoms with van der Waals surface area (Å²) in [6.45, 7) is 1.73. The summed E-state index contributed by atoms with van der Waals surface area (Å²) in [5.41, 5.74) is 1.34. The van der Waals surface area contributed by atoms with Crippen LogP contribution in [0.1, 0.15) is 41.6 Å². The number of aliphatic imine (C=N–C) groups is 1. The Labute approximate surface area is 225 Å². The first kappa shape index (κ1) is 26.8. The zero-order valence-corrected chi connectivity index (χ0v) is 21.6. The minimum absolute atomic E-state index is 0.0301. The number of carboxylic acids is 1. The summed E-state index contributed by atoms with van der Waals surface area (Å²) in [4.78, 5) is 41.6. The van der Waals surface area contributed by atoms with Gasteiger partial charge in [-0.1, -0.05) is 41.4 Å². The van der Waals surface area contributed by atoms with Gasteiger partial charge in [0.05, 0.1) is 15.6 Å². The third-order valence-corrected chi connectivity index (χ3v) is 7.13. The summed E-state index contributed by atoms with van der Waals surface area (Å²) in [5.74, 6) is -1.17. The fraction of sp³-hybridized carbons (Fsp3) is 0.385. The molecule has 0 saturated heterocycles. The van der Waals surface area contributed by atoms with E-state index in [1.807, 2.05) is 0 Å². The van der Waals surface area contributed by atoms with E-state index >= 15 is 0 Å². The van der Waals surface area contributed by atoms with Crippen molar-refractivity contribution in [1.29, 1.82) is 0 Å². The summed E-state index contributed by atoms with van der Waals surface area (Å²) in [6.07, 6.45) is 3.51. The number of hydrogen-bond donors (Lipinski definition) is 5. The molecule has 1 heterocycles. The normalized spacial score (nSPS) is 19.8. The molecule has 2 aromatic carbocycles. The van der Waals surface area contributed by atoms with Crippen molar-refractivity contribution >= 4 is 52.6 Å². The van der Waals surface area contributed by atoms with E-state index in [2.05, 4.69) is 26.3 Å². The average molecular weight is 546 g/mol. The van der Waals surface area contributed by atoms with E-state index in [-0.39, 0.29) is 39.9 Å². The monoisotopic (exact) mass is 545 g/mol. The number of amides is 2. The predicted molar refractivity (Wildman–Crippen MR) is 143 cm³/mol. The number of guanidine groups is 1. The summed E-state index contributed by atoms with van der Waals surface area (Å²) < 4.78 is 0. The van der Waals surface area contributed by atoms with E-state index < -0.39 is 17.9 Å². The number of benzene rings is 2. The number of nitrogens with zero attached hydrogens (tertiary/aromatic N) is 1.